The Morgan fingerprint density at radius 3 is 2.41 bits per heavy atom. The number of hydrogen-bond acceptors (Lipinski definition) is 6. The van der Waals surface area contributed by atoms with Crippen molar-refractivity contribution >= 4 is 34.6 Å². The van der Waals surface area contributed by atoms with E-state index in [0.717, 1.165) is 16.5 Å². The quantitative estimate of drug-likeness (QED) is 0.205. The number of nitrogens with zero attached hydrogens (tertiary/aromatic N) is 1. The molecule has 1 aliphatic heterocycles. The first-order chi connectivity index (χ1) is 19.5. The largest absolute Gasteiger partial charge is 0.508 e. The molecule has 1 aromatic heterocycles. The second kappa shape index (κ2) is 12.9. The molecule has 1 aliphatic rings. The van der Waals surface area contributed by atoms with Gasteiger partial charge in [0.15, 0.2) is 0 Å². The molecule has 3 amide bonds. The molecule has 4 rings (SSSR count). The van der Waals surface area contributed by atoms with Gasteiger partial charge in [0.05, 0.1) is 6.04 Å². The van der Waals surface area contributed by atoms with Crippen molar-refractivity contribution in [1.82, 2.24) is 20.5 Å². The van der Waals surface area contributed by atoms with Crippen LogP contribution in [0, 0.1) is 5.92 Å². The van der Waals surface area contributed by atoms with Gasteiger partial charge in [-0.2, -0.15) is 0 Å². The van der Waals surface area contributed by atoms with Crippen LogP contribution >= 0.6 is 0 Å². The Hall–Kier alpha value is -4.38. The molecule has 11 nitrogen and oxygen atoms in total. The highest BCUT2D eigenvalue weighted by Crippen LogP contribution is 2.22. The minimum Gasteiger partial charge on any atom is -0.508 e. The maximum Gasteiger partial charge on any atom is 0.326 e. The number of nitrogens with one attached hydrogen (secondary N) is 3. The average Bonchev–Trinajstić information content (AvgIpc) is 3.60. The van der Waals surface area contributed by atoms with Gasteiger partial charge in [-0.1, -0.05) is 44.2 Å². The van der Waals surface area contributed by atoms with Crippen LogP contribution in [0.5, 0.6) is 5.75 Å². The molecule has 0 aliphatic carbocycles. The molecular weight excluding hydrogens is 526 g/mol. The van der Waals surface area contributed by atoms with Crippen LogP contribution in [0.25, 0.3) is 10.9 Å². The number of H-pyrrole nitrogens is 1. The van der Waals surface area contributed by atoms with Gasteiger partial charge in [0.1, 0.15) is 23.9 Å². The van der Waals surface area contributed by atoms with Crippen molar-refractivity contribution in [3.05, 3.63) is 65.9 Å². The number of phenols is 1. The molecular formula is C30H37N5O6. The SMILES string of the molecule is CC(C)C(N)C(=O)N1CCCC1C(=O)NC(Cc1c[nH]c2ccccc12)C(=O)NC(Cc1ccc(O)cc1)C(=O)O. The van der Waals surface area contributed by atoms with Gasteiger partial charge in [-0.25, -0.2) is 4.79 Å². The van der Waals surface area contributed by atoms with Gasteiger partial charge in [-0.05, 0) is 48.1 Å². The summed E-state index contributed by atoms with van der Waals surface area (Å²) >= 11 is 0. The van der Waals surface area contributed by atoms with E-state index >= 15 is 0 Å². The minimum absolute atomic E-state index is 0.0207. The van der Waals surface area contributed by atoms with Crippen molar-refractivity contribution in [1.29, 1.82) is 0 Å². The maximum atomic E-state index is 13.6. The number of benzene rings is 2. The molecule has 0 saturated carbocycles. The van der Waals surface area contributed by atoms with E-state index in [-0.39, 0.29) is 30.4 Å². The zero-order chi connectivity index (χ0) is 29.7. The Kier molecular flexibility index (Phi) is 9.28. The van der Waals surface area contributed by atoms with Crippen LogP contribution in [0.2, 0.25) is 0 Å². The Bertz CT molecular complexity index is 1400. The highest BCUT2D eigenvalue weighted by atomic mass is 16.4. The van der Waals surface area contributed by atoms with Crippen molar-refractivity contribution < 1.29 is 29.4 Å². The molecule has 1 saturated heterocycles. The molecule has 0 spiro atoms. The Morgan fingerprint density at radius 1 is 1.02 bits per heavy atom. The van der Waals surface area contributed by atoms with E-state index < -0.39 is 42.0 Å². The number of rotatable bonds is 11. The van der Waals surface area contributed by atoms with Crippen LogP contribution in [-0.2, 0) is 32.0 Å². The van der Waals surface area contributed by atoms with E-state index in [9.17, 15) is 29.4 Å². The lowest BCUT2D eigenvalue weighted by atomic mass is 10.0. The molecule has 7 N–H and O–H groups in total. The van der Waals surface area contributed by atoms with Crippen LogP contribution < -0.4 is 16.4 Å². The van der Waals surface area contributed by atoms with Crippen LogP contribution in [0.15, 0.2) is 54.7 Å². The van der Waals surface area contributed by atoms with Gasteiger partial charge in [-0.3, -0.25) is 14.4 Å². The standard InChI is InChI=1S/C30H37N5O6/c1-17(2)26(31)29(39)35-13-5-8-25(35)28(38)33-23(15-19-16-32-22-7-4-3-6-21(19)22)27(37)34-24(30(40)41)14-18-9-11-20(36)12-10-18/h3-4,6-7,9-12,16-17,23-26,32,36H,5,8,13-15,31H2,1-2H3,(H,33,38)(H,34,37)(H,40,41). The van der Waals surface area contributed by atoms with Crippen molar-refractivity contribution in [3.8, 4) is 5.75 Å². The van der Waals surface area contributed by atoms with Crippen LogP contribution in [0.3, 0.4) is 0 Å². The number of phenolic OH excluding ortho intramolecular Hbond substituents is 1. The summed E-state index contributed by atoms with van der Waals surface area (Å²) in [6.07, 6.45) is 2.89. The van der Waals surface area contributed by atoms with Gasteiger partial charge in [-0.15, -0.1) is 0 Å². The van der Waals surface area contributed by atoms with Crippen LogP contribution in [0.4, 0.5) is 0 Å². The molecule has 4 atom stereocenters. The summed E-state index contributed by atoms with van der Waals surface area (Å²) in [6, 6.07) is 9.66. The fourth-order valence-electron chi connectivity index (χ4n) is 5.12. The molecule has 2 aromatic carbocycles. The maximum absolute atomic E-state index is 13.6. The van der Waals surface area contributed by atoms with E-state index in [1.807, 2.05) is 38.1 Å². The number of aromatic nitrogens is 1. The fraction of sp³-hybridized carbons (Fsp3) is 0.400. The number of aromatic amines is 1. The number of nitrogens with two attached hydrogens (primary N) is 1. The lowest BCUT2D eigenvalue weighted by Crippen LogP contribution is -2.57. The summed E-state index contributed by atoms with van der Waals surface area (Å²) in [5.41, 5.74) is 8.33. The first kappa shape index (κ1) is 29.6. The normalized spacial score (nSPS) is 17.3. The number of aliphatic carboxylic acids is 1. The number of likely N-dealkylation sites (tertiary alicyclic amines) is 1. The summed E-state index contributed by atoms with van der Waals surface area (Å²) in [4.78, 5) is 56.8. The molecule has 2 heterocycles. The topological polar surface area (TPSA) is 178 Å². The summed E-state index contributed by atoms with van der Waals surface area (Å²) in [5, 5.41) is 25.6. The highest BCUT2D eigenvalue weighted by Gasteiger charge is 2.38. The Balaban J connectivity index is 1.56. The van der Waals surface area contributed by atoms with E-state index in [1.165, 1.54) is 17.0 Å². The third-order valence-corrected chi connectivity index (χ3v) is 7.56. The summed E-state index contributed by atoms with van der Waals surface area (Å²) in [5.74, 6) is -2.76. The van der Waals surface area contributed by atoms with Gasteiger partial charge >= 0.3 is 5.97 Å². The lowest BCUT2D eigenvalue weighted by molar-refractivity contribution is -0.143. The molecule has 218 valence electrons. The second-order valence-electron chi connectivity index (χ2n) is 10.9. The number of carboxylic acids is 1. The smallest absolute Gasteiger partial charge is 0.326 e. The van der Waals surface area contributed by atoms with Crippen molar-refractivity contribution in [2.45, 2.75) is 63.7 Å². The minimum atomic E-state index is -1.27. The number of amides is 3. The fourth-order valence-corrected chi connectivity index (χ4v) is 5.12. The van der Waals surface area contributed by atoms with Crippen LogP contribution in [-0.4, -0.2) is 74.5 Å². The molecule has 3 aromatic rings. The Morgan fingerprint density at radius 2 is 1.73 bits per heavy atom. The number of carbonyl (C=O) groups is 4. The summed E-state index contributed by atoms with van der Waals surface area (Å²) < 4.78 is 0. The zero-order valence-electron chi connectivity index (χ0n) is 23.2. The lowest BCUT2D eigenvalue weighted by Gasteiger charge is -2.29. The molecule has 11 heteroatoms. The average molecular weight is 564 g/mol. The number of para-hydroxylation sites is 1. The monoisotopic (exact) mass is 563 g/mol. The first-order valence-corrected chi connectivity index (χ1v) is 13.8. The summed E-state index contributed by atoms with van der Waals surface area (Å²) in [6.45, 7) is 4.07. The molecule has 0 bridgehead atoms. The predicted molar refractivity (Wildman–Crippen MR) is 153 cm³/mol. The van der Waals surface area contributed by atoms with Gasteiger partial charge in [0.2, 0.25) is 17.7 Å². The van der Waals surface area contributed by atoms with E-state index in [1.54, 1.807) is 18.3 Å². The zero-order valence-corrected chi connectivity index (χ0v) is 23.2. The number of fused-ring (bicyclic) bond motifs is 1. The Labute approximate surface area is 238 Å². The molecule has 4 unspecified atom stereocenters. The predicted octanol–water partition coefficient (Wildman–Crippen LogP) is 1.69. The van der Waals surface area contributed by atoms with Crippen LogP contribution in [0.1, 0.15) is 37.8 Å². The van der Waals surface area contributed by atoms with E-state index in [4.69, 9.17) is 5.73 Å². The van der Waals surface area contributed by atoms with E-state index in [0.29, 0.717) is 24.9 Å². The molecule has 0 radical (unpaired) electrons. The number of hydrogen-bond donors (Lipinski definition) is 6. The molecule has 1 fully saturated rings. The third-order valence-electron chi connectivity index (χ3n) is 7.56. The van der Waals surface area contributed by atoms with Crippen molar-refractivity contribution in [3.63, 3.8) is 0 Å². The number of aromatic hydroxyl groups is 1. The number of carbonyl (C=O) groups excluding carboxylic acids is 3. The molecule has 41 heavy (non-hydrogen) atoms. The van der Waals surface area contributed by atoms with Crippen molar-refractivity contribution in [2.75, 3.05) is 6.54 Å². The highest BCUT2D eigenvalue weighted by molar-refractivity contribution is 5.95. The van der Waals surface area contributed by atoms with Gasteiger partial charge in [0.25, 0.3) is 0 Å². The summed E-state index contributed by atoms with van der Waals surface area (Å²) in [7, 11) is 0. The number of carboxylic acid groups (broad SMARTS) is 1. The van der Waals surface area contributed by atoms with Gasteiger partial charge < -0.3 is 36.5 Å². The third kappa shape index (κ3) is 7.04. The van der Waals surface area contributed by atoms with Gasteiger partial charge in [0, 0.05) is 36.5 Å². The second-order valence-corrected chi connectivity index (χ2v) is 10.9. The van der Waals surface area contributed by atoms with Crippen molar-refractivity contribution in [2.24, 2.45) is 11.7 Å². The first-order valence-electron chi connectivity index (χ1n) is 13.8. The van der Waals surface area contributed by atoms with E-state index in [2.05, 4.69) is 15.6 Å².